The Hall–Kier alpha value is -3.05. The van der Waals surface area contributed by atoms with Crippen LogP contribution in [0.1, 0.15) is 0 Å². The van der Waals surface area contributed by atoms with Crippen molar-refractivity contribution in [1.29, 1.82) is 0 Å². The molecule has 4 aromatic rings. The van der Waals surface area contributed by atoms with Crippen molar-refractivity contribution in [1.82, 2.24) is 9.97 Å². The number of furan rings is 1. The Morgan fingerprint density at radius 2 is 1.80 bits per heavy atom. The molecule has 0 aliphatic rings. The van der Waals surface area contributed by atoms with E-state index >= 15 is 0 Å². The Labute approximate surface area is 149 Å². The number of halogens is 1. The first-order chi connectivity index (χ1) is 12.2. The summed E-state index contributed by atoms with van der Waals surface area (Å²) in [5, 5.41) is 1.26. The maximum absolute atomic E-state index is 6.39. The molecule has 0 aliphatic carbocycles. The number of methoxy groups -OCH3 is 1. The zero-order valence-electron chi connectivity index (χ0n) is 13.4. The first-order valence-corrected chi connectivity index (χ1v) is 7.99. The van der Waals surface area contributed by atoms with Gasteiger partial charge in [0.15, 0.2) is 0 Å². The molecule has 124 valence electrons. The monoisotopic (exact) mass is 351 g/mol. The molecule has 2 aromatic carbocycles. The van der Waals surface area contributed by atoms with Crippen molar-refractivity contribution in [2.75, 3.05) is 12.8 Å². The Kier molecular flexibility index (Phi) is 3.78. The quantitative estimate of drug-likeness (QED) is 0.573. The summed E-state index contributed by atoms with van der Waals surface area (Å²) in [6, 6.07) is 15.1. The fourth-order valence-corrected chi connectivity index (χ4v) is 3.05. The standard InChI is InChI=1S/C19H14ClN3O2/c1-24-12-8-6-11(7-9-12)15-16-18(21)22-10-23-19(16)25-17(15)13-4-2-3-5-14(13)20/h2-10H,1H3,(H2,21,22,23). The lowest BCUT2D eigenvalue weighted by Gasteiger charge is -2.07. The molecule has 0 radical (unpaired) electrons. The molecule has 5 nitrogen and oxygen atoms in total. The smallest absolute Gasteiger partial charge is 0.232 e. The first kappa shape index (κ1) is 15.5. The summed E-state index contributed by atoms with van der Waals surface area (Å²) in [5.41, 5.74) is 9.03. The molecule has 0 spiro atoms. The van der Waals surface area contributed by atoms with Crippen LogP contribution >= 0.6 is 11.6 Å². The van der Waals surface area contributed by atoms with Gasteiger partial charge < -0.3 is 14.9 Å². The average Bonchev–Trinajstić information content (AvgIpc) is 3.03. The largest absolute Gasteiger partial charge is 0.497 e. The summed E-state index contributed by atoms with van der Waals surface area (Å²) in [5.74, 6) is 1.73. The van der Waals surface area contributed by atoms with E-state index < -0.39 is 0 Å². The van der Waals surface area contributed by atoms with Crippen LogP contribution in [-0.2, 0) is 0 Å². The number of anilines is 1. The maximum atomic E-state index is 6.39. The molecular formula is C19H14ClN3O2. The lowest BCUT2D eigenvalue weighted by Crippen LogP contribution is -1.92. The van der Waals surface area contributed by atoms with Gasteiger partial charge in [-0.2, -0.15) is 0 Å². The molecule has 0 atom stereocenters. The number of ether oxygens (including phenoxy) is 1. The molecule has 0 unspecified atom stereocenters. The first-order valence-electron chi connectivity index (χ1n) is 7.61. The molecule has 25 heavy (non-hydrogen) atoms. The Morgan fingerprint density at radius 1 is 1.04 bits per heavy atom. The second kappa shape index (κ2) is 6.11. The van der Waals surface area contributed by atoms with Crippen LogP contribution in [0.2, 0.25) is 5.02 Å². The molecule has 0 aliphatic heterocycles. The van der Waals surface area contributed by atoms with Gasteiger partial charge in [0.05, 0.1) is 17.5 Å². The molecule has 0 saturated carbocycles. The highest BCUT2D eigenvalue weighted by Gasteiger charge is 2.22. The lowest BCUT2D eigenvalue weighted by atomic mass is 9.99. The Balaban J connectivity index is 2.06. The summed E-state index contributed by atoms with van der Waals surface area (Å²) in [6.07, 6.45) is 1.38. The number of rotatable bonds is 3. The second-order valence-electron chi connectivity index (χ2n) is 5.45. The zero-order chi connectivity index (χ0) is 17.4. The number of fused-ring (bicyclic) bond motifs is 1. The SMILES string of the molecule is COc1ccc(-c2c(-c3ccccc3Cl)oc3ncnc(N)c23)cc1. The van der Waals surface area contributed by atoms with Gasteiger partial charge in [-0.3, -0.25) is 0 Å². The van der Waals surface area contributed by atoms with Crippen molar-refractivity contribution in [2.45, 2.75) is 0 Å². The van der Waals surface area contributed by atoms with E-state index in [1.807, 2.05) is 48.5 Å². The van der Waals surface area contributed by atoms with Gasteiger partial charge in [0.1, 0.15) is 23.7 Å². The van der Waals surface area contributed by atoms with E-state index in [9.17, 15) is 0 Å². The van der Waals surface area contributed by atoms with Crippen LogP contribution in [0.25, 0.3) is 33.6 Å². The highest BCUT2D eigenvalue weighted by molar-refractivity contribution is 6.33. The van der Waals surface area contributed by atoms with Gasteiger partial charge in [-0.15, -0.1) is 0 Å². The molecule has 0 saturated heterocycles. The van der Waals surface area contributed by atoms with Crippen LogP contribution in [0, 0.1) is 0 Å². The number of nitrogens with zero attached hydrogens (tertiary/aromatic N) is 2. The molecule has 0 fully saturated rings. The number of aromatic nitrogens is 2. The van der Waals surface area contributed by atoms with Crippen LogP contribution in [0.4, 0.5) is 5.82 Å². The van der Waals surface area contributed by atoms with Crippen molar-refractivity contribution < 1.29 is 9.15 Å². The number of nitrogen functional groups attached to an aromatic ring is 1. The van der Waals surface area contributed by atoms with Crippen molar-refractivity contribution in [3.63, 3.8) is 0 Å². The minimum Gasteiger partial charge on any atom is -0.497 e. The lowest BCUT2D eigenvalue weighted by molar-refractivity contribution is 0.415. The van der Waals surface area contributed by atoms with Crippen molar-refractivity contribution in [3.8, 4) is 28.2 Å². The van der Waals surface area contributed by atoms with E-state index in [0.29, 0.717) is 27.7 Å². The van der Waals surface area contributed by atoms with Crippen LogP contribution < -0.4 is 10.5 Å². The minimum atomic E-state index is 0.359. The number of benzene rings is 2. The van der Waals surface area contributed by atoms with E-state index in [4.69, 9.17) is 26.5 Å². The third-order valence-corrected chi connectivity index (χ3v) is 4.34. The third-order valence-electron chi connectivity index (χ3n) is 4.01. The van der Waals surface area contributed by atoms with E-state index in [1.165, 1.54) is 6.33 Å². The highest BCUT2D eigenvalue weighted by atomic mass is 35.5. The summed E-state index contributed by atoms with van der Waals surface area (Å²) >= 11 is 6.39. The van der Waals surface area contributed by atoms with E-state index in [1.54, 1.807) is 7.11 Å². The van der Waals surface area contributed by atoms with Gasteiger partial charge >= 0.3 is 0 Å². The zero-order valence-corrected chi connectivity index (χ0v) is 14.1. The third kappa shape index (κ3) is 2.58. The van der Waals surface area contributed by atoms with E-state index in [0.717, 1.165) is 22.4 Å². The molecule has 2 heterocycles. The van der Waals surface area contributed by atoms with Crippen LogP contribution in [0.5, 0.6) is 5.75 Å². The molecule has 2 aromatic heterocycles. The number of hydrogen-bond acceptors (Lipinski definition) is 5. The van der Waals surface area contributed by atoms with Crippen LogP contribution in [-0.4, -0.2) is 17.1 Å². The molecule has 6 heteroatoms. The molecule has 2 N–H and O–H groups in total. The fraction of sp³-hybridized carbons (Fsp3) is 0.0526. The van der Waals surface area contributed by atoms with E-state index in [-0.39, 0.29) is 0 Å². The second-order valence-corrected chi connectivity index (χ2v) is 5.86. The Morgan fingerprint density at radius 3 is 2.52 bits per heavy atom. The van der Waals surface area contributed by atoms with Gasteiger partial charge in [-0.25, -0.2) is 9.97 Å². The molecule has 0 bridgehead atoms. The highest BCUT2D eigenvalue weighted by Crippen LogP contribution is 2.43. The average molecular weight is 352 g/mol. The molecule has 0 amide bonds. The fourth-order valence-electron chi connectivity index (χ4n) is 2.82. The summed E-state index contributed by atoms with van der Waals surface area (Å²) in [7, 11) is 1.63. The van der Waals surface area contributed by atoms with Crippen LogP contribution in [0.3, 0.4) is 0 Å². The predicted molar refractivity (Wildman–Crippen MR) is 98.7 cm³/mol. The Bertz CT molecular complexity index is 1060. The van der Waals surface area contributed by atoms with E-state index in [2.05, 4.69) is 9.97 Å². The van der Waals surface area contributed by atoms with Crippen LogP contribution in [0.15, 0.2) is 59.3 Å². The van der Waals surface area contributed by atoms with Crippen molar-refractivity contribution in [2.24, 2.45) is 0 Å². The van der Waals surface area contributed by atoms with Gasteiger partial charge in [0.25, 0.3) is 0 Å². The summed E-state index contributed by atoms with van der Waals surface area (Å²) in [4.78, 5) is 8.32. The maximum Gasteiger partial charge on any atom is 0.232 e. The molecule has 4 rings (SSSR count). The minimum absolute atomic E-state index is 0.359. The number of nitrogens with two attached hydrogens (primary N) is 1. The van der Waals surface area contributed by atoms with Gasteiger partial charge in [-0.05, 0) is 29.8 Å². The van der Waals surface area contributed by atoms with Crippen molar-refractivity contribution >= 4 is 28.5 Å². The molecular weight excluding hydrogens is 338 g/mol. The normalized spacial score (nSPS) is 11.0. The van der Waals surface area contributed by atoms with Gasteiger partial charge in [-0.1, -0.05) is 35.9 Å². The van der Waals surface area contributed by atoms with Gasteiger partial charge in [0, 0.05) is 11.1 Å². The predicted octanol–water partition coefficient (Wildman–Crippen LogP) is 4.80. The summed E-state index contributed by atoms with van der Waals surface area (Å²) < 4.78 is 11.2. The topological polar surface area (TPSA) is 74.2 Å². The van der Waals surface area contributed by atoms with Gasteiger partial charge in [0.2, 0.25) is 5.71 Å². The van der Waals surface area contributed by atoms with Crippen molar-refractivity contribution in [3.05, 3.63) is 59.9 Å². The summed E-state index contributed by atoms with van der Waals surface area (Å²) in [6.45, 7) is 0. The number of hydrogen-bond donors (Lipinski definition) is 1.